The topological polar surface area (TPSA) is 280 Å². The molecule has 238 valence electrons. The van der Waals surface area contributed by atoms with Crippen LogP contribution in [0.25, 0.3) is 22.3 Å². The number of imidazole rings is 2. The Labute approximate surface area is 256 Å². The summed E-state index contributed by atoms with van der Waals surface area (Å²) in [6, 6.07) is 0. The summed E-state index contributed by atoms with van der Waals surface area (Å²) in [6.45, 7) is -9.86. The van der Waals surface area contributed by atoms with Gasteiger partial charge in [-0.2, -0.15) is 4.98 Å². The first-order valence-corrected chi connectivity index (χ1v) is 18.2. The van der Waals surface area contributed by atoms with Gasteiger partial charge in [-0.15, -0.1) is 0 Å². The molecule has 6 heterocycles. The molecule has 2 saturated heterocycles. The van der Waals surface area contributed by atoms with Crippen LogP contribution in [-0.2, 0) is 37.9 Å². The molecule has 4 aromatic heterocycles. The highest BCUT2D eigenvalue weighted by Crippen LogP contribution is 2.57. The molecule has 4 aromatic rings. The summed E-state index contributed by atoms with van der Waals surface area (Å²) >= 11 is 7.59. The monoisotopic (exact) mass is 692 g/mol. The summed E-state index contributed by atoms with van der Waals surface area (Å²) in [7, 11) is 0. The van der Waals surface area contributed by atoms with E-state index < -0.39 is 62.6 Å². The van der Waals surface area contributed by atoms with Crippen LogP contribution < -0.4 is 17.0 Å². The second-order valence-electron chi connectivity index (χ2n) is 9.92. The van der Waals surface area contributed by atoms with Gasteiger partial charge >= 0.3 is 13.6 Å². The lowest BCUT2D eigenvalue weighted by Crippen LogP contribution is -2.48. The van der Waals surface area contributed by atoms with Gasteiger partial charge in [0.05, 0.1) is 38.6 Å². The van der Waals surface area contributed by atoms with Crippen LogP contribution in [0.5, 0.6) is 0 Å². The summed E-state index contributed by atoms with van der Waals surface area (Å²) in [4.78, 5) is 44.3. The third-order valence-corrected chi connectivity index (χ3v) is 9.44. The lowest BCUT2D eigenvalue weighted by atomic mass is 10.1. The standard InChI is InChI=1S/C20H26N10O10P2S2/c21-15-12-16(24-6-23-15)30(8-26-12)20(32)5-36-10(4-37-41(33,34)43)14(20)40-42(35,44)38-3-9-1-2-11(39-9)29-7-25-13-17(29)27-19(22)28-18(13)31/h6-11,14,32H,1-5H2,(H,35,44)(H2,21,23,24)(H2,33,34,43)(H3,22,27,28,31)/t9-,10+,11+,14-,20+,42?/m0/s1. The van der Waals surface area contributed by atoms with Crippen molar-refractivity contribution < 1.29 is 42.2 Å². The van der Waals surface area contributed by atoms with Gasteiger partial charge in [0.1, 0.15) is 30.3 Å². The highest BCUT2D eigenvalue weighted by Gasteiger charge is 2.55. The third kappa shape index (κ3) is 6.12. The van der Waals surface area contributed by atoms with E-state index in [1.165, 1.54) is 17.2 Å². The fourth-order valence-electron chi connectivity index (χ4n) is 5.02. The number of nitrogens with one attached hydrogen (secondary N) is 1. The molecule has 2 aliphatic heterocycles. The van der Waals surface area contributed by atoms with Crippen molar-refractivity contribution in [3.8, 4) is 0 Å². The molecular formula is C20H26N10O10P2S2. The number of nitrogens with two attached hydrogens (primary N) is 2. The molecule has 7 N–H and O–H groups in total. The minimum atomic E-state index is -4.30. The van der Waals surface area contributed by atoms with Gasteiger partial charge in [0.2, 0.25) is 5.95 Å². The number of hydrogen-bond donors (Lipinski definition) is 7. The van der Waals surface area contributed by atoms with E-state index in [1.807, 2.05) is 0 Å². The largest absolute Gasteiger partial charge is 0.386 e. The van der Waals surface area contributed by atoms with Crippen LogP contribution in [0, 0.1) is 0 Å². The molecule has 0 aromatic carbocycles. The molecule has 6 rings (SSSR count). The molecule has 0 spiro atoms. The molecule has 44 heavy (non-hydrogen) atoms. The van der Waals surface area contributed by atoms with E-state index in [-0.39, 0.29) is 40.7 Å². The van der Waals surface area contributed by atoms with Crippen molar-refractivity contribution in [1.29, 1.82) is 0 Å². The minimum absolute atomic E-state index is 0.0396. The van der Waals surface area contributed by atoms with Gasteiger partial charge in [-0.3, -0.25) is 32.5 Å². The van der Waals surface area contributed by atoms with E-state index in [9.17, 15) is 23.9 Å². The Morgan fingerprint density at radius 2 is 1.86 bits per heavy atom. The Morgan fingerprint density at radius 1 is 1.09 bits per heavy atom. The fraction of sp³-hybridized carbons (Fsp3) is 0.500. The van der Waals surface area contributed by atoms with Crippen LogP contribution >= 0.6 is 38.1 Å². The van der Waals surface area contributed by atoms with Crippen LogP contribution in [0.3, 0.4) is 0 Å². The van der Waals surface area contributed by atoms with Gasteiger partial charge in [-0.1, -0.05) is 24.5 Å². The minimum Gasteiger partial charge on any atom is -0.382 e. The first-order chi connectivity index (χ1) is 20.7. The van der Waals surface area contributed by atoms with Crippen molar-refractivity contribution in [3.05, 3.63) is 29.3 Å². The zero-order valence-corrected chi connectivity index (χ0v) is 25.9. The van der Waals surface area contributed by atoms with E-state index in [4.69, 9.17) is 34.5 Å². The number of anilines is 2. The third-order valence-electron chi connectivity index (χ3n) is 7.01. The number of aliphatic hydroxyl groups is 1. The summed E-state index contributed by atoms with van der Waals surface area (Å²) in [5, 5.41) is 11.8. The maximum atomic E-state index is 13.5. The Bertz CT molecular complexity index is 1870. The number of ether oxygens (including phenoxy) is 2. The molecule has 20 nitrogen and oxygen atoms in total. The van der Waals surface area contributed by atoms with Gasteiger partial charge in [0.25, 0.3) is 5.56 Å². The highest BCUT2D eigenvalue weighted by molar-refractivity contribution is 8.44. The lowest BCUT2D eigenvalue weighted by molar-refractivity contribution is -0.102. The van der Waals surface area contributed by atoms with Crippen LogP contribution in [-0.4, -0.2) is 87.2 Å². The smallest absolute Gasteiger partial charge is 0.382 e. The lowest BCUT2D eigenvalue weighted by Gasteiger charge is -2.32. The highest BCUT2D eigenvalue weighted by atomic mass is 32.7. The SMILES string of the molecule is Nc1nc2c(ncn2[C@H]2CC[C@@H](COP(=O)(S)O[C@H]3[C@@H](COP(=O)(O)S)OC[C@]3(O)n3cnc4c(N)ncnc43)O2)c(=O)[nH]1. The number of thiol groups is 2. The molecule has 24 heteroatoms. The Kier molecular flexibility index (Phi) is 8.29. The van der Waals surface area contributed by atoms with E-state index in [1.54, 1.807) is 4.57 Å². The molecular weight excluding hydrogens is 666 g/mol. The van der Waals surface area contributed by atoms with Gasteiger partial charge < -0.3 is 30.9 Å². The van der Waals surface area contributed by atoms with Crippen LogP contribution in [0.4, 0.5) is 11.8 Å². The maximum absolute atomic E-state index is 13.5. The van der Waals surface area contributed by atoms with E-state index in [2.05, 4.69) is 54.4 Å². The molecule has 2 fully saturated rings. The molecule has 0 saturated carbocycles. The van der Waals surface area contributed by atoms with Crippen molar-refractivity contribution >= 4 is 72.2 Å². The zero-order chi connectivity index (χ0) is 31.4. The van der Waals surface area contributed by atoms with Gasteiger partial charge in [0, 0.05) is 0 Å². The molecule has 2 unspecified atom stereocenters. The van der Waals surface area contributed by atoms with E-state index >= 15 is 0 Å². The van der Waals surface area contributed by atoms with Crippen LogP contribution in [0.15, 0.2) is 23.8 Å². The summed E-state index contributed by atoms with van der Waals surface area (Å²) in [5.74, 6) is -0.0386. The summed E-state index contributed by atoms with van der Waals surface area (Å²) in [6.07, 6.45) is 0.750. The van der Waals surface area contributed by atoms with Crippen LogP contribution in [0.1, 0.15) is 19.1 Å². The number of fused-ring (bicyclic) bond motifs is 2. The van der Waals surface area contributed by atoms with Crippen molar-refractivity contribution in [2.75, 3.05) is 31.3 Å². The Hall–Kier alpha value is -2.62. The van der Waals surface area contributed by atoms with Crippen molar-refractivity contribution in [3.63, 3.8) is 0 Å². The molecule has 0 aliphatic carbocycles. The first kappa shape index (κ1) is 31.4. The Balaban J connectivity index is 1.18. The van der Waals surface area contributed by atoms with Crippen LogP contribution in [0.2, 0.25) is 0 Å². The molecule has 7 atom stereocenters. The zero-order valence-electron chi connectivity index (χ0n) is 22.3. The number of H-pyrrole nitrogens is 1. The molecule has 2 aliphatic rings. The van der Waals surface area contributed by atoms with Crippen molar-refractivity contribution in [2.45, 2.75) is 43.1 Å². The number of aromatic nitrogens is 8. The van der Waals surface area contributed by atoms with Gasteiger partial charge in [-0.05, 0) is 12.8 Å². The number of hydrogen-bond acceptors (Lipinski definition) is 16. The van der Waals surface area contributed by atoms with E-state index in [0.29, 0.717) is 12.8 Å². The molecule has 0 radical (unpaired) electrons. The number of aromatic amines is 1. The molecule has 0 amide bonds. The van der Waals surface area contributed by atoms with Crippen molar-refractivity contribution in [1.82, 2.24) is 39.0 Å². The average Bonchev–Trinajstić information content (AvgIpc) is 3.73. The summed E-state index contributed by atoms with van der Waals surface area (Å²) in [5.41, 5.74) is 9.52. The second-order valence-corrected chi connectivity index (χ2v) is 15.5. The normalized spacial score (nSPS) is 28.5. The number of nitrogen functional groups attached to an aromatic ring is 2. The average molecular weight is 693 g/mol. The number of nitrogens with zero attached hydrogens (tertiary/aromatic N) is 7. The van der Waals surface area contributed by atoms with E-state index in [0.717, 1.165) is 6.33 Å². The predicted octanol–water partition coefficient (Wildman–Crippen LogP) is 0.332. The Morgan fingerprint density at radius 3 is 2.64 bits per heavy atom. The first-order valence-electron chi connectivity index (χ1n) is 12.8. The van der Waals surface area contributed by atoms with Crippen molar-refractivity contribution in [2.24, 2.45) is 0 Å². The number of rotatable bonds is 10. The summed E-state index contributed by atoms with van der Waals surface area (Å²) < 4.78 is 55.7. The second kappa shape index (κ2) is 11.6. The predicted molar refractivity (Wildman–Crippen MR) is 158 cm³/mol. The van der Waals surface area contributed by atoms with Gasteiger partial charge in [-0.25, -0.2) is 29.1 Å². The molecule has 0 bridgehead atoms. The fourth-order valence-corrected chi connectivity index (χ4v) is 7.07. The quantitative estimate of drug-likeness (QED) is 0.0871. The maximum Gasteiger partial charge on any atom is 0.386 e. The van der Waals surface area contributed by atoms with Gasteiger partial charge in [0.15, 0.2) is 28.4 Å².